The zero-order valence-electron chi connectivity index (χ0n) is 13.0. The number of benzene rings is 1. The number of amides is 1. The topological polar surface area (TPSA) is 80.0 Å². The van der Waals surface area contributed by atoms with Crippen molar-refractivity contribution in [1.82, 2.24) is 15.5 Å². The fourth-order valence-corrected chi connectivity index (χ4v) is 3.54. The van der Waals surface area contributed by atoms with Gasteiger partial charge >= 0.3 is 0 Å². The van der Waals surface area contributed by atoms with Crippen molar-refractivity contribution in [3.63, 3.8) is 0 Å². The summed E-state index contributed by atoms with van der Waals surface area (Å²) in [5, 5.41) is 14.9. The number of aryl methyl sites for hydroxylation is 1. The molecule has 0 aliphatic carbocycles. The van der Waals surface area contributed by atoms with Crippen LogP contribution in [0.25, 0.3) is 0 Å². The van der Waals surface area contributed by atoms with E-state index in [0.717, 1.165) is 15.8 Å². The summed E-state index contributed by atoms with van der Waals surface area (Å²) in [7, 11) is 0. The molecule has 0 fully saturated rings. The summed E-state index contributed by atoms with van der Waals surface area (Å²) in [6.45, 7) is 2.43. The van der Waals surface area contributed by atoms with Gasteiger partial charge in [0.25, 0.3) is 0 Å². The first-order valence-corrected chi connectivity index (χ1v) is 9.08. The SMILES string of the molecule is Cc1cccc(Nc2nnc(SCC(=O)NCc3ccco3)s2)c1. The Labute approximate surface area is 147 Å². The molecule has 0 aliphatic heterocycles. The third-order valence-corrected chi connectivity index (χ3v) is 5.01. The molecule has 0 atom stereocenters. The maximum Gasteiger partial charge on any atom is 0.230 e. The van der Waals surface area contributed by atoms with Crippen molar-refractivity contribution >= 4 is 39.8 Å². The molecule has 8 heteroatoms. The molecule has 2 heterocycles. The van der Waals surface area contributed by atoms with E-state index in [9.17, 15) is 4.79 Å². The number of aromatic nitrogens is 2. The van der Waals surface area contributed by atoms with Crippen LogP contribution in [0.15, 0.2) is 51.4 Å². The van der Waals surface area contributed by atoms with E-state index in [2.05, 4.69) is 20.8 Å². The van der Waals surface area contributed by atoms with Gasteiger partial charge in [-0.05, 0) is 36.8 Å². The van der Waals surface area contributed by atoms with Crippen molar-refractivity contribution in [2.75, 3.05) is 11.1 Å². The fourth-order valence-electron chi connectivity index (χ4n) is 1.94. The molecule has 24 heavy (non-hydrogen) atoms. The van der Waals surface area contributed by atoms with Gasteiger partial charge in [0.1, 0.15) is 5.76 Å². The normalized spacial score (nSPS) is 10.5. The Bertz CT molecular complexity index is 802. The predicted octanol–water partition coefficient (Wildman–Crippen LogP) is 3.59. The van der Waals surface area contributed by atoms with E-state index in [1.54, 1.807) is 12.3 Å². The standard InChI is InChI=1S/C16H16N4O2S2/c1-11-4-2-5-12(8-11)18-15-19-20-16(24-15)23-10-14(21)17-9-13-6-3-7-22-13/h2-8H,9-10H2,1H3,(H,17,21)(H,18,19). The zero-order chi connectivity index (χ0) is 16.8. The lowest BCUT2D eigenvalue weighted by atomic mass is 10.2. The van der Waals surface area contributed by atoms with E-state index >= 15 is 0 Å². The van der Waals surface area contributed by atoms with Crippen molar-refractivity contribution in [2.45, 2.75) is 17.8 Å². The Morgan fingerprint density at radius 3 is 3.00 bits per heavy atom. The Kier molecular flexibility index (Phi) is 5.50. The van der Waals surface area contributed by atoms with Crippen LogP contribution in [0.2, 0.25) is 0 Å². The molecule has 0 radical (unpaired) electrons. The summed E-state index contributed by atoms with van der Waals surface area (Å²) in [4.78, 5) is 11.8. The van der Waals surface area contributed by atoms with Crippen LogP contribution in [0.5, 0.6) is 0 Å². The van der Waals surface area contributed by atoms with Crippen LogP contribution < -0.4 is 10.6 Å². The van der Waals surface area contributed by atoms with E-state index < -0.39 is 0 Å². The van der Waals surface area contributed by atoms with Crippen molar-refractivity contribution in [1.29, 1.82) is 0 Å². The molecule has 2 aromatic heterocycles. The van der Waals surface area contributed by atoms with Crippen molar-refractivity contribution in [3.8, 4) is 0 Å². The maximum atomic E-state index is 11.8. The Hall–Kier alpha value is -2.32. The number of carbonyl (C=O) groups excluding carboxylic acids is 1. The molecule has 3 rings (SSSR count). The van der Waals surface area contributed by atoms with E-state index in [1.165, 1.54) is 28.7 Å². The molecule has 1 aromatic carbocycles. The van der Waals surface area contributed by atoms with Crippen LogP contribution in [0.3, 0.4) is 0 Å². The summed E-state index contributed by atoms with van der Waals surface area (Å²) >= 11 is 2.79. The number of thioether (sulfide) groups is 1. The minimum atomic E-state index is -0.0696. The number of nitrogens with one attached hydrogen (secondary N) is 2. The smallest absolute Gasteiger partial charge is 0.230 e. The summed E-state index contributed by atoms with van der Waals surface area (Å²) < 4.78 is 5.91. The molecule has 6 nitrogen and oxygen atoms in total. The van der Waals surface area contributed by atoms with Gasteiger partial charge in [-0.1, -0.05) is 35.2 Å². The third-order valence-electron chi connectivity index (χ3n) is 3.04. The van der Waals surface area contributed by atoms with Gasteiger partial charge in [0.15, 0.2) is 4.34 Å². The fraction of sp³-hybridized carbons (Fsp3) is 0.188. The number of hydrogen-bond acceptors (Lipinski definition) is 7. The molecule has 3 aromatic rings. The highest BCUT2D eigenvalue weighted by molar-refractivity contribution is 8.01. The summed E-state index contributed by atoms with van der Waals surface area (Å²) in [6.07, 6.45) is 1.58. The molecule has 0 unspecified atom stereocenters. The number of nitrogens with zero attached hydrogens (tertiary/aromatic N) is 2. The minimum absolute atomic E-state index is 0.0696. The lowest BCUT2D eigenvalue weighted by Gasteiger charge is -2.02. The average molecular weight is 360 g/mol. The van der Waals surface area contributed by atoms with Gasteiger partial charge in [0.2, 0.25) is 11.0 Å². The second-order valence-electron chi connectivity index (χ2n) is 5.01. The number of carbonyl (C=O) groups is 1. The first-order chi connectivity index (χ1) is 11.7. The molecule has 0 bridgehead atoms. The van der Waals surface area contributed by atoms with Crippen LogP contribution in [-0.2, 0) is 11.3 Å². The van der Waals surface area contributed by atoms with Gasteiger partial charge in [0.05, 0.1) is 18.6 Å². The van der Waals surface area contributed by atoms with Crippen LogP contribution >= 0.6 is 23.1 Å². The second-order valence-corrected chi connectivity index (χ2v) is 7.21. The van der Waals surface area contributed by atoms with Crippen LogP contribution in [-0.4, -0.2) is 21.9 Å². The zero-order valence-corrected chi connectivity index (χ0v) is 14.6. The number of rotatable bonds is 7. The Morgan fingerprint density at radius 1 is 1.29 bits per heavy atom. The van der Waals surface area contributed by atoms with Gasteiger partial charge < -0.3 is 15.1 Å². The highest BCUT2D eigenvalue weighted by Gasteiger charge is 2.09. The lowest BCUT2D eigenvalue weighted by Crippen LogP contribution is -2.24. The van der Waals surface area contributed by atoms with E-state index in [0.29, 0.717) is 17.4 Å². The first-order valence-electron chi connectivity index (χ1n) is 7.28. The predicted molar refractivity (Wildman–Crippen MR) is 95.6 cm³/mol. The largest absolute Gasteiger partial charge is 0.467 e. The Balaban J connectivity index is 1.46. The first kappa shape index (κ1) is 16.5. The summed E-state index contributed by atoms with van der Waals surface area (Å²) in [6, 6.07) is 11.6. The van der Waals surface area contributed by atoms with Gasteiger partial charge in [-0.3, -0.25) is 4.79 Å². The monoisotopic (exact) mass is 360 g/mol. The molecular weight excluding hydrogens is 344 g/mol. The maximum absolute atomic E-state index is 11.8. The molecular formula is C16H16N4O2S2. The summed E-state index contributed by atoms with van der Waals surface area (Å²) in [5.41, 5.74) is 2.14. The lowest BCUT2D eigenvalue weighted by molar-refractivity contribution is -0.118. The quantitative estimate of drug-likeness (QED) is 0.627. The molecule has 2 N–H and O–H groups in total. The van der Waals surface area contributed by atoms with Gasteiger partial charge in [-0.15, -0.1) is 10.2 Å². The average Bonchev–Trinajstić information content (AvgIpc) is 3.23. The highest BCUT2D eigenvalue weighted by atomic mass is 32.2. The van der Waals surface area contributed by atoms with Gasteiger partial charge in [-0.25, -0.2) is 0 Å². The van der Waals surface area contributed by atoms with Gasteiger partial charge in [-0.2, -0.15) is 0 Å². The van der Waals surface area contributed by atoms with E-state index in [4.69, 9.17) is 4.42 Å². The third kappa shape index (κ3) is 4.84. The number of hydrogen-bond donors (Lipinski definition) is 2. The molecule has 0 spiro atoms. The van der Waals surface area contributed by atoms with Crippen molar-refractivity contribution in [3.05, 3.63) is 54.0 Å². The molecule has 0 aliphatic rings. The van der Waals surface area contributed by atoms with Crippen molar-refractivity contribution < 1.29 is 9.21 Å². The second kappa shape index (κ2) is 7.98. The van der Waals surface area contributed by atoms with Gasteiger partial charge in [0, 0.05) is 5.69 Å². The van der Waals surface area contributed by atoms with Crippen LogP contribution in [0.1, 0.15) is 11.3 Å². The van der Waals surface area contributed by atoms with E-state index in [-0.39, 0.29) is 5.91 Å². The van der Waals surface area contributed by atoms with E-state index in [1.807, 2.05) is 37.3 Å². The highest BCUT2D eigenvalue weighted by Crippen LogP contribution is 2.27. The minimum Gasteiger partial charge on any atom is -0.467 e. The molecule has 1 amide bonds. The number of anilines is 2. The number of furan rings is 1. The Morgan fingerprint density at radius 2 is 2.21 bits per heavy atom. The molecule has 124 valence electrons. The molecule has 0 saturated carbocycles. The van der Waals surface area contributed by atoms with Crippen molar-refractivity contribution in [2.24, 2.45) is 0 Å². The van der Waals surface area contributed by atoms with Crippen LogP contribution in [0, 0.1) is 6.92 Å². The van der Waals surface area contributed by atoms with Crippen LogP contribution in [0.4, 0.5) is 10.8 Å². The summed E-state index contributed by atoms with van der Waals surface area (Å²) in [5.74, 6) is 0.952. The molecule has 0 saturated heterocycles.